The lowest BCUT2D eigenvalue weighted by Crippen LogP contribution is -2.59. The summed E-state index contributed by atoms with van der Waals surface area (Å²) in [6.45, 7) is 2.92. The fraction of sp³-hybridized carbons (Fsp3) is 0.360. The molecule has 1 spiro atoms. The van der Waals surface area contributed by atoms with E-state index in [2.05, 4.69) is 0 Å². The highest BCUT2D eigenvalue weighted by Crippen LogP contribution is 2.57. The maximum atomic E-state index is 13.8. The average molecular weight is 430 g/mol. The zero-order chi connectivity index (χ0) is 22.2. The number of hydrogen-bond acceptors (Lipinski definition) is 6. The highest BCUT2D eigenvalue weighted by molar-refractivity contribution is 6.37. The Kier molecular flexibility index (Phi) is 3.99. The number of ketones is 2. The zero-order valence-electron chi connectivity index (χ0n) is 17.6. The summed E-state index contributed by atoms with van der Waals surface area (Å²) in [7, 11) is 0. The van der Waals surface area contributed by atoms with Gasteiger partial charge in [0, 0.05) is 17.2 Å². The van der Waals surface area contributed by atoms with Gasteiger partial charge in [0.15, 0.2) is 17.1 Å². The van der Waals surface area contributed by atoms with Gasteiger partial charge in [-0.05, 0) is 50.6 Å². The molecule has 7 heteroatoms. The first-order chi connectivity index (χ1) is 15.5. The number of fused-ring (bicyclic) bond motifs is 6. The first-order valence-electron chi connectivity index (χ1n) is 11.1. The minimum Gasteiger partial charge on any atom is -0.494 e. The summed E-state index contributed by atoms with van der Waals surface area (Å²) < 4.78 is 5.46. The number of rotatable bonds is 3. The number of Topliss-reactive ketones (excluding diaryl/α,β-unsaturated/α-hetero) is 2. The van der Waals surface area contributed by atoms with Gasteiger partial charge in [0.1, 0.15) is 5.75 Å². The number of anilines is 1. The third-order valence-electron chi connectivity index (χ3n) is 7.48. The molecule has 2 aromatic carbocycles. The Bertz CT molecular complexity index is 1150. The third-order valence-corrected chi connectivity index (χ3v) is 7.48. The lowest BCUT2D eigenvalue weighted by atomic mass is 9.76. The normalized spacial score (nSPS) is 27.9. The van der Waals surface area contributed by atoms with Crippen molar-refractivity contribution in [2.24, 2.45) is 11.8 Å². The van der Waals surface area contributed by atoms with Gasteiger partial charge in [0.05, 0.1) is 24.1 Å². The van der Waals surface area contributed by atoms with E-state index in [1.165, 1.54) is 4.90 Å². The fourth-order valence-corrected chi connectivity index (χ4v) is 6.35. The molecule has 2 aromatic rings. The van der Waals surface area contributed by atoms with Gasteiger partial charge in [-0.25, -0.2) is 4.90 Å². The largest absolute Gasteiger partial charge is 0.494 e. The number of hydrogen-bond donors (Lipinski definition) is 0. The van der Waals surface area contributed by atoms with Gasteiger partial charge in [-0.15, -0.1) is 0 Å². The van der Waals surface area contributed by atoms with E-state index in [4.69, 9.17) is 4.74 Å². The van der Waals surface area contributed by atoms with E-state index in [0.29, 0.717) is 42.1 Å². The summed E-state index contributed by atoms with van der Waals surface area (Å²) in [5.74, 6) is -2.52. The van der Waals surface area contributed by atoms with E-state index in [1.807, 2.05) is 11.8 Å². The highest BCUT2D eigenvalue weighted by atomic mass is 16.5. The van der Waals surface area contributed by atoms with Gasteiger partial charge in [0.2, 0.25) is 11.8 Å². The van der Waals surface area contributed by atoms with Gasteiger partial charge in [-0.2, -0.15) is 0 Å². The minimum atomic E-state index is -1.61. The Morgan fingerprint density at radius 3 is 2.22 bits per heavy atom. The van der Waals surface area contributed by atoms with Crippen LogP contribution >= 0.6 is 0 Å². The van der Waals surface area contributed by atoms with E-state index in [0.717, 1.165) is 6.42 Å². The van der Waals surface area contributed by atoms with Crippen molar-refractivity contribution in [1.82, 2.24) is 4.90 Å². The maximum absolute atomic E-state index is 13.8. The number of amides is 2. The second-order valence-corrected chi connectivity index (χ2v) is 8.82. The Balaban J connectivity index is 1.48. The second-order valence-electron chi connectivity index (χ2n) is 8.82. The summed E-state index contributed by atoms with van der Waals surface area (Å²) in [6.07, 6.45) is 1.48. The number of imide groups is 1. The van der Waals surface area contributed by atoms with E-state index >= 15 is 0 Å². The molecule has 0 saturated carbocycles. The van der Waals surface area contributed by atoms with Crippen molar-refractivity contribution in [2.75, 3.05) is 18.1 Å². The molecule has 7 nitrogen and oxygen atoms in total. The van der Waals surface area contributed by atoms with E-state index in [1.54, 1.807) is 48.5 Å². The van der Waals surface area contributed by atoms with Crippen LogP contribution < -0.4 is 9.64 Å². The van der Waals surface area contributed by atoms with Crippen LogP contribution in [0.2, 0.25) is 0 Å². The molecular formula is C25H22N2O5. The molecule has 3 heterocycles. The molecule has 0 bridgehead atoms. The molecule has 0 radical (unpaired) electrons. The standard InChI is InChI=1S/C25H22N2O5/c1-2-32-15-11-9-14(10-12-15)27-23(30)19-18-8-5-13-26(18)25(20(19)24(27)31)21(28)16-6-3-4-7-17(16)22(25)29/h3-4,6-7,9-12,18-20H,2,5,8,13H2,1H3. The fourth-order valence-electron chi connectivity index (χ4n) is 6.35. The number of ether oxygens (including phenoxy) is 1. The van der Waals surface area contributed by atoms with Crippen molar-refractivity contribution in [3.8, 4) is 5.75 Å². The lowest BCUT2D eigenvalue weighted by Gasteiger charge is -2.35. The van der Waals surface area contributed by atoms with Crippen molar-refractivity contribution < 1.29 is 23.9 Å². The van der Waals surface area contributed by atoms with Crippen molar-refractivity contribution in [3.05, 3.63) is 59.7 Å². The summed E-state index contributed by atoms with van der Waals surface area (Å²) in [5.41, 5.74) is -0.470. The smallest absolute Gasteiger partial charge is 0.240 e. The molecule has 162 valence electrons. The maximum Gasteiger partial charge on any atom is 0.240 e. The van der Waals surface area contributed by atoms with Crippen LogP contribution in [0.1, 0.15) is 40.5 Å². The van der Waals surface area contributed by atoms with E-state index in [-0.39, 0.29) is 23.5 Å². The summed E-state index contributed by atoms with van der Waals surface area (Å²) >= 11 is 0. The van der Waals surface area contributed by atoms with Gasteiger partial charge in [-0.1, -0.05) is 24.3 Å². The third kappa shape index (κ3) is 2.14. The molecule has 0 aromatic heterocycles. The monoisotopic (exact) mass is 430 g/mol. The molecule has 1 aliphatic carbocycles. The van der Waals surface area contributed by atoms with Crippen LogP contribution in [0, 0.1) is 11.8 Å². The van der Waals surface area contributed by atoms with Crippen LogP contribution in [0.3, 0.4) is 0 Å². The molecule has 3 atom stereocenters. The molecule has 3 saturated heterocycles. The summed E-state index contributed by atoms with van der Waals surface area (Å²) in [6, 6.07) is 13.2. The molecule has 6 rings (SSSR count). The van der Waals surface area contributed by atoms with Gasteiger partial charge < -0.3 is 4.74 Å². The first-order valence-corrected chi connectivity index (χ1v) is 11.1. The van der Waals surface area contributed by atoms with Gasteiger partial charge in [0.25, 0.3) is 0 Å². The Hall–Kier alpha value is -3.32. The van der Waals surface area contributed by atoms with Gasteiger partial charge >= 0.3 is 0 Å². The molecule has 3 unspecified atom stereocenters. The van der Waals surface area contributed by atoms with Crippen LogP contribution in [0.5, 0.6) is 5.75 Å². The summed E-state index contributed by atoms with van der Waals surface area (Å²) in [5, 5.41) is 0. The van der Waals surface area contributed by atoms with Crippen LogP contribution in [0.4, 0.5) is 5.69 Å². The van der Waals surface area contributed by atoms with E-state index < -0.39 is 23.3 Å². The molecular weight excluding hydrogens is 408 g/mol. The SMILES string of the molecule is CCOc1ccc(N2C(=O)C3C4CCCN4C4(C(=O)c5ccccc5C4=O)C3C2=O)cc1. The Morgan fingerprint density at radius 2 is 1.59 bits per heavy atom. The quantitative estimate of drug-likeness (QED) is 0.550. The first kappa shape index (κ1) is 19.4. The number of carbonyl (C=O) groups excluding carboxylic acids is 4. The minimum absolute atomic E-state index is 0.286. The molecule has 4 aliphatic rings. The molecule has 32 heavy (non-hydrogen) atoms. The number of benzene rings is 2. The molecule has 0 N–H and O–H groups in total. The van der Waals surface area contributed by atoms with Crippen molar-refractivity contribution in [2.45, 2.75) is 31.3 Å². The van der Waals surface area contributed by atoms with Crippen molar-refractivity contribution in [1.29, 1.82) is 0 Å². The number of nitrogens with zero attached hydrogens (tertiary/aromatic N) is 2. The Morgan fingerprint density at radius 1 is 0.938 bits per heavy atom. The van der Waals surface area contributed by atoms with Crippen molar-refractivity contribution in [3.63, 3.8) is 0 Å². The molecule has 2 amide bonds. The van der Waals surface area contributed by atoms with E-state index in [9.17, 15) is 19.2 Å². The van der Waals surface area contributed by atoms with Crippen LogP contribution in [-0.2, 0) is 9.59 Å². The zero-order valence-corrected chi connectivity index (χ0v) is 17.6. The van der Waals surface area contributed by atoms with Crippen molar-refractivity contribution >= 4 is 29.1 Å². The summed E-state index contributed by atoms with van der Waals surface area (Å²) in [4.78, 5) is 58.0. The van der Waals surface area contributed by atoms with Crippen LogP contribution in [-0.4, -0.2) is 53.0 Å². The molecule has 3 fully saturated rings. The topological polar surface area (TPSA) is 84.0 Å². The predicted octanol–water partition coefficient (Wildman–Crippen LogP) is 2.49. The second kappa shape index (κ2) is 6.59. The highest BCUT2D eigenvalue weighted by Gasteiger charge is 2.76. The predicted molar refractivity (Wildman–Crippen MR) is 115 cm³/mol. The van der Waals surface area contributed by atoms with Crippen LogP contribution in [0.25, 0.3) is 0 Å². The number of carbonyl (C=O) groups is 4. The van der Waals surface area contributed by atoms with Crippen LogP contribution in [0.15, 0.2) is 48.5 Å². The van der Waals surface area contributed by atoms with Gasteiger partial charge in [-0.3, -0.25) is 24.1 Å². The molecule has 3 aliphatic heterocycles. The lowest BCUT2D eigenvalue weighted by molar-refractivity contribution is -0.124. The average Bonchev–Trinajstić information content (AvgIpc) is 3.50. The Labute approximate surface area is 184 Å².